The third-order valence-corrected chi connectivity index (χ3v) is 3.89. The van der Waals surface area contributed by atoms with Gasteiger partial charge in [0.1, 0.15) is 0 Å². The van der Waals surface area contributed by atoms with Crippen LogP contribution in [0.4, 0.5) is 5.69 Å². The van der Waals surface area contributed by atoms with E-state index in [1.165, 1.54) is 30.9 Å². The molecule has 1 aromatic rings. The van der Waals surface area contributed by atoms with E-state index in [1.54, 1.807) is 6.92 Å². The number of hydrogen-bond acceptors (Lipinski definition) is 4. The summed E-state index contributed by atoms with van der Waals surface area (Å²) in [7, 11) is -2.82. The summed E-state index contributed by atoms with van der Waals surface area (Å²) in [5.41, 5.74) is -0.0183. The van der Waals surface area contributed by atoms with Gasteiger partial charge in [-0.1, -0.05) is 0 Å². The summed E-state index contributed by atoms with van der Waals surface area (Å²) >= 11 is 0. The second-order valence-corrected chi connectivity index (χ2v) is 5.50. The Hall–Kier alpha value is -1.19. The summed E-state index contributed by atoms with van der Waals surface area (Å²) in [5.74, 6) is 0. The highest BCUT2D eigenvalue weighted by molar-refractivity contribution is 7.66. The van der Waals surface area contributed by atoms with Crippen LogP contribution in [0.1, 0.15) is 6.92 Å². The predicted molar refractivity (Wildman–Crippen MR) is 57.9 cm³/mol. The molecule has 1 rings (SSSR count). The Balaban J connectivity index is 2.98. The Kier molecular flexibility index (Phi) is 3.61. The predicted octanol–water partition coefficient (Wildman–Crippen LogP) is 2.16. The van der Waals surface area contributed by atoms with E-state index in [4.69, 9.17) is 4.52 Å². The fourth-order valence-corrected chi connectivity index (χ4v) is 2.50. The van der Waals surface area contributed by atoms with Gasteiger partial charge in [0, 0.05) is 24.1 Å². The molecule has 1 atom stereocenters. The maximum Gasteiger partial charge on any atom is 0.269 e. The van der Waals surface area contributed by atoms with Crippen molar-refractivity contribution in [1.82, 2.24) is 0 Å². The van der Waals surface area contributed by atoms with E-state index < -0.39 is 12.3 Å². The van der Waals surface area contributed by atoms with Crippen molar-refractivity contribution in [1.29, 1.82) is 0 Å². The molecule has 5 nitrogen and oxygen atoms in total. The van der Waals surface area contributed by atoms with Crippen LogP contribution in [0.3, 0.4) is 0 Å². The summed E-state index contributed by atoms with van der Waals surface area (Å²) in [6.07, 6.45) is 0. The van der Waals surface area contributed by atoms with Crippen molar-refractivity contribution in [3.63, 3.8) is 0 Å². The number of hydrogen-bond donors (Lipinski definition) is 0. The van der Waals surface area contributed by atoms with Gasteiger partial charge < -0.3 is 4.52 Å². The van der Waals surface area contributed by atoms with Crippen LogP contribution in [0.2, 0.25) is 0 Å². The number of nitro groups is 1. The van der Waals surface area contributed by atoms with Crippen LogP contribution in [0.5, 0.6) is 0 Å². The van der Waals surface area contributed by atoms with Crippen LogP contribution < -0.4 is 5.30 Å². The van der Waals surface area contributed by atoms with E-state index in [9.17, 15) is 14.7 Å². The third kappa shape index (κ3) is 2.88. The van der Waals surface area contributed by atoms with Gasteiger partial charge in [-0.2, -0.15) is 0 Å². The zero-order chi connectivity index (χ0) is 11.5. The average molecular weight is 229 g/mol. The average Bonchev–Trinajstić information content (AvgIpc) is 2.18. The summed E-state index contributed by atoms with van der Waals surface area (Å²) in [5, 5.41) is 10.9. The van der Waals surface area contributed by atoms with Gasteiger partial charge in [-0.3, -0.25) is 14.7 Å². The van der Waals surface area contributed by atoms with Crippen LogP contribution in [0.25, 0.3) is 0 Å². The first-order valence-electron chi connectivity index (χ1n) is 4.44. The first-order valence-corrected chi connectivity index (χ1v) is 6.51. The summed E-state index contributed by atoms with van der Waals surface area (Å²) in [6, 6.07) is 5.58. The summed E-state index contributed by atoms with van der Waals surface area (Å²) in [6.45, 7) is 3.60. The smallest absolute Gasteiger partial charge is 0.269 e. The number of nitro benzene ring substituents is 1. The number of benzene rings is 1. The van der Waals surface area contributed by atoms with Gasteiger partial charge in [0.25, 0.3) is 5.69 Å². The van der Waals surface area contributed by atoms with Gasteiger partial charge in [-0.05, 0) is 19.1 Å². The van der Waals surface area contributed by atoms with Gasteiger partial charge in [-0.25, -0.2) is 0 Å². The van der Waals surface area contributed by atoms with E-state index in [0.717, 1.165) is 0 Å². The van der Waals surface area contributed by atoms with Crippen LogP contribution >= 0.6 is 7.37 Å². The van der Waals surface area contributed by atoms with Crippen molar-refractivity contribution in [2.24, 2.45) is 0 Å². The standard InChI is InChI=1S/C9H12NO4P/c1-3-14-15(2,13)9-6-4-8(5-7-9)10(11)12/h4-7H,3H2,1-2H3. The second-order valence-electron chi connectivity index (χ2n) is 3.04. The molecule has 0 aliphatic heterocycles. The van der Waals surface area contributed by atoms with Gasteiger partial charge in [0.2, 0.25) is 7.37 Å². The molecular weight excluding hydrogens is 217 g/mol. The molecule has 0 spiro atoms. The van der Waals surface area contributed by atoms with Gasteiger partial charge in [0.15, 0.2) is 0 Å². The normalized spacial score (nSPS) is 14.5. The molecule has 1 aromatic carbocycles. The molecule has 0 aliphatic carbocycles. The SMILES string of the molecule is CCOP(C)(=O)c1ccc([N+](=O)[O-])cc1. The minimum atomic E-state index is -2.82. The molecule has 1 unspecified atom stereocenters. The maximum atomic E-state index is 11.9. The number of rotatable bonds is 4. The molecular formula is C9H12NO4P. The summed E-state index contributed by atoms with van der Waals surface area (Å²) in [4.78, 5) is 9.90. The lowest BCUT2D eigenvalue weighted by molar-refractivity contribution is -0.384. The topological polar surface area (TPSA) is 69.4 Å². The molecule has 82 valence electrons. The van der Waals surface area contributed by atoms with Crippen molar-refractivity contribution >= 4 is 18.4 Å². The largest absolute Gasteiger partial charge is 0.326 e. The van der Waals surface area contributed by atoms with E-state index >= 15 is 0 Å². The lowest BCUT2D eigenvalue weighted by atomic mass is 10.3. The summed E-state index contributed by atoms with van der Waals surface area (Å²) < 4.78 is 17.0. The minimum Gasteiger partial charge on any atom is -0.326 e. The lowest BCUT2D eigenvalue weighted by Crippen LogP contribution is -2.06. The van der Waals surface area contributed by atoms with E-state index in [0.29, 0.717) is 11.9 Å². The molecule has 0 bridgehead atoms. The zero-order valence-corrected chi connectivity index (χ0v) is 9.44. The number of non-ortho nitro benzene ring substituents is 1. The maximum absolute atomic E-state index is 11.9. The monoisotopic (exact) mass is 229 g/mol. The Morgan fingerprint density at radius 1 is 1.40 bits per heavy atom. The second kappa shape index (κ2) is 4.55. The van der Waals surface area contributed by atoms with Gasteiger partial charge >= 0.3 is 0 Å². The number of nitrogens with zero attached hydrogens (tertiary/aromatic N) is 1. The van der Waals surface area contributed by atoms with Crippen molar-refractivity contribution in [2.75, 3.05) is 13.3 Å². The fourth-order valence-electron chi connectivity index (χ4n) is 1.17. The van der Waals surface area contributed by atoms with Crippen LogP contribution in [0, 0.1) is 10.1 Å². The van der Waals surface area contributed by atoms with Crippen LogP contribution in [-0.2, 0) is 9.09 Å². The van der Waals surface area contributed by atoms with Crippen LogP contribution in [-0.4, -0.2) is 18.2 Å². The van der Waals surface area contributed by atoms with E-state index in [2.05, 4.69) is 0 Å². The van der Waals surface area contributed by atoms with Crippen molar-refractivity contribution in [3.8, 4) is 0 Å². The molecule has 0 heterocycles. The molecule has 0 radical (unpaired) electrons. The van der Waals surface area contributed by atoms with E-state index in [-0.39, 0.29) is 5.69 Å². The Labute approximate surface area is 87.7 Å². The molecule has 0 fully saturated rings. The van der Waals surface area contributed by atoms with Crippen molar-refractivity contribution in [3.05, 3.63) is 34.4 Å². The Bertz CT molecular complexity index is 401. The molecule has 0 saturated carbocycles. The van der Waals surface area contributed by atoms with E-state index in [1.807, 2.05) is 0 Å². The first kappa shape index (κ1) is 11.9. The lowest BCUT2D eigenvalue weighted by Gasteiger charge is -2.11. The molecule has 0 amide bonds. The Morgan fingerprint density at radius 2 is 1.93 bits per heavy atom. The van der Waals surface area contributed by atoms with Crippen molar-refractivity contribution < 1.29 is 14.0 Å². The molecule has 6 heteroatoms. The highest BCUT2D eigenvalue weighted by Gasteiger charge is 2.19. The molecule has 0 saturated heterocycles. The molecule has 0 N–H and O–H groups in total. The molecule has 0 aromatic heterocycles. The highest BCUT2D eigenvalue weighted by atomic mass is 31.2. The Morgan fingerprint density at radius 3 is 2.33 bits per heavy atom. The zero-order valence-electron chi connectivity index (χ0n) is 8.54. The quantitative estimate of drug-likeness (QED) is 0.450. The van der Waals surface area contributed by atoms with Crippen LogP contribution in [0.15, 0.2) is 24.3 Å². The minimum absolute atomic E-state index is 0.0183. The fraction of sp³-hybridized carbons (Fsp3) is 0.333. The molecule has 15 heavy (non-hydrogen) atoms. The first-order chi connectivity index (χ1) is 6.97. The van der Waals surface area contributed by atoms with Gasteiger partial charge in [-0.15, -0.1) is 0 Å². The van der Waals surface area contributed by atoms with Crippen molar-refractivity contribution in [2.45, 2.75) is 6.92 Å². The highest BCUT2D eigenvalue weighted by Crippen LogP contribution is 2.41. The van der Waals surface area contributed by atoms with Gasteiger partial charge in [0.05, 0.1) is 11.5 Å². The third-order valence-electron chi connectivity index (χ3n) is 1.90. The molecule has 0 aliphatic rings.